The zero-order valence-corrected chi connectivity index (χ0v) is 11.6. The maximum Gasteiger partial charge on any atom is 0.0724 e. The number of ether oxygens (including phenoxy) is 1. The molecule has 0 aromatic carbocycles. The van der Waals surface area contributed by atoms with Crippen LogP contribution in [0.25, 0.3) is 0 Å². The lowest BCUT2D eigenvalue weighted by Crippen LogP contribution is -2.45. The second-order valence-electron chi connectivity index (χ2n) is 6.83. The molecule has 0 heterocycles. The fourth-order valence-electron chi connectivity index (χ4n) is 3.26. The standard InChI is InChI=1S/C15H26O2/c1-14(2,3)17-13-7-5-6-11-10-12(16)8-9-15(11,13)4/h10,12-13,16H,5-9H2,1-4H3/t12-,13-,15-/m0/s1. The van der Waals surface area contributed by atoms with Crippen molar-refractivity contribution >= 4 is 0 Å². The Morgan fingerprint density at radius 1 is 1.35 bits per heavy atom. The Balaban J connectivity index is 2.21. The van der Waals surface area contributed by atoms with Crippen molar-refractivity contribution in [2.75, 3.05) is 0 Å². The molecule has 1 N–H and O–H groups in total. The summed E-state index contributed by atoms with van der Waals surface area (Å²) in [4.78, 5) is 0. The van der Waals surface area contributed by atoms with Gasteiger partial charge in [0.2, 0.25) is 0 Å². The van der Waals surface area contributed by atoms with E-state index in [2.05, 4.69) is 33.8 Å². The molecule has 0 aromatic heterocycles. The summed E-state index contributed by atoms with van der Waals surface area (Å²) in [6.07, 6.45) is 7.58. The molecule has 2 heteroatoms. The maximum atomic E-state index is 9.76. The normalized spacial score (nSPS) is 38.5. The van der Waals surface area contributed by atoms with Crippen molar-refractivity contribution in [3.05, 3.63) is 11.6 Å². The van der Waals surface area contributed by atoms with Crippen LogP contribution in [0.15, 0.2) is 11.6 Å². The second kappa shape index (κ2) is 4.40. The van der Waals surface area contributed by atoms with Gasteiger partial charge in [-0.25, -0.2) is 0 Å². The van der Waals surface area contributed by atoms with E-state index in [0.717, 1.165) is 25.7 Å². The Labute approximate surface area is 105 Å². The molecule has 0 spiro atoms. The van der Waals surface area contributed by atoms with Gasteiger partial charge in [-0.15, -0.1) is 0 Å². The van der Waals surface area contributed by atoms with Crippen LogP contribution in [0.2, 0.25) is 0 Å². The first-order valence-corrected chi connectivity index (χ1v) is 6.88. The zero-order valence-electron chi connectivity index (χ0n) is 11.6. The molecule has 2 aliphatic carbocycles. The van der Waals surface area contributed by atoms with E-state index < -0.39 is 0 Å². The van der Waals surface area contributed by atoms with Crippen LogP contribution in [0.5, 0.6) is 0 Å². The largest absolute Gasteiger partial charge is 0.389 e. The molecule has 2 rings (SSSR count). The SMILES string of the molecule is CC(C)(C)O[C@H]1CCCC2=C[C@@H](O)CC[C@@]21C. The van der Waals surface area contributed by atoms with Crippen molar-refractivity contribution in [1.29, 1.82) is 0 Å². The van der Waals surface area contributed by atoms with E-state index in [9.17, 15) is 5.11 Å². The molecule has 3 atom stereocenters. The van der Waals surface area contributed by atoms with E-state index in [0.29, 0.717) is 6.10 Å². The van der Waals surface area contributed by atoms with Gasteiger partial charge in [0.25, 0.3) is 0 Å². The van der Waals surface area contributed by atoms with Crippen LogP contribution in [0.4, 0.5) is 0 Å². The molecule has 2 aliphatic rings. The van der Waals surface area contributed by atoms with Gasteiger partial charge in [-0.1, -0.05) is 18.6 Å². The van der Waals surface area contributed by atoms with Crippen molar-refractivity contribution in [2.45, 2.75) is 77.6 Å². The molecular formula is C15H26O2. The Morgan fingerprint density at radius 3 is 2.71 bits per heavy atom. The summed E-state index contributed by atoms with van der Waals surface area (Å²) in [5, 5.41) is 9.76. The van der Waals surface area contributed by atoms with Gasteiger partial charge in [0.1, 0.15) is 0 Å². The topological polar surface area (TPSA) is 29.5 Å². The quantitative estimate of drug-likeness (QED) is 0.709. The summed E-state index contributed by atoms with van der Waals surface area (Å²) in [6.45, 7) is 8.71. The monoisotopic (exact) mass is 238 g/mol. The van der Waals surface area contributed by atoms with Crippen LogP contribution in [-0.2, 0) is 4.74 Å². The first kappa shape index (κ1) is 13.1. The third-order valence-corrected chi connectivity index (χ3v) is 4.21. The molecule has 0 radical (unpaired) electrons. The molecule has 17 heavy (non-hydrogen) atoms. The smallest absolute Gasteiger partial charge is 0.0724 e. The minimum absolute atomic E-state index is 0.0772. The van der Waals surface area contributed by atoms with E-state index in [1.807, 2.05) is 0 Å². The fourth-order valence-corrected chi connectivity index (χ4v) is 3.26. The van der Waals surface area contributed by atoms with Crippen LogP contribution in [0, 0.1) is 5.41 Å². The number of aliphatic hydroxyl groups is 1. The Bertz CT molecular complexity index is 313. The molecule has 0 amide bonds. The van der Waals surface area contributed by atoms with E-state index in [4.69, 9.17) is 4.74 Å². The molecule has 0 aliphatic heterocycles. The summed E-state index contributed by atoms with van der Waals surface area (Å²) >= 11 is 0. The van der Waals surface area contributed by atoms with Gasteiger partial charge >= 0.3 is 0 Å². The Morgan fingerprint density at radius 2 is 2.06 bits per heavy atom. The summed E-state index contributed by atoms with van der Waals surface area (Å²) in [6, 6.07) is 0. The minimum atomic E-state index is -0.230. The summed E-state index contributed by atoms with van der Waals surface area (Å²) in [5.41, 5.74) is 1.51. The number of fused-ring (bicyclic) bond motifs is 1. The predicted molar refractivity (Wildman–Crippen MR) is 69.9 cm³/mol. The second-order valence-corrected chi connectivity index (χ2v) is 6.83. The van der Waals surface area contributed by atoms with Crippen molar-refractivity contribution < 1.29 is 9.84 Å². The van der Waals surface area contributed by atoms with Crippen molar-refractivity contribution in [2.24, 2.45) is 5.41 Å². The molecular weight excluding hydrogens is 212 g/mol. The molecule has 0 unspecified atom stereocenters. The Kier molecular flexibility index (Phi) is 3.39. The van der Waals surface area contributed by atoms with Gasteiger partial charge in [-0.2, -0.15) is 0 Å². The first-order valence-electron chi connectivity index (χ1n) is 6.88. The predicted octanol–water partition coefficient (Wildman–Crippen LogP) is 3.44. The average Bonchev–Trinajstić information content (AvgIpc) is 2.19. The van der Waals surface area contributed by atoms with E-state index in [1.165, 1.54) is 12.0 Å². The fraction of sp³-hybridized carbons (Fsp3) is 0.867. The zero-order chi connectivity index (χ0) is 12.7. The molecule has 1 fully saturated rings. The van der Waals surface area contributed by atoms with Crippen molar-refractivity contribution in [1.82, 2.24) is 0 Å². The van der Waals surface area contributed by atoms with Gasteiger partial charge in [0.05, 0.1) is 17.8 Å². The molecule has 0 bridgehead atoms. The lowest BCUT2D eigenvalue weighted by molar-refractivity contribution is -0.120. The van der Waals surface area contributed by atoms with Gasteiger partial charge in [0, 0.05) is 5.41 Å². The lowest BCUT2D eigenvalue weighted by atomic mass is 9.64. The number of rotatable bonds is 1. The van der Waals surface area contributed by atoms with Crippen molar-refractivity contribution in [3.8, 4) is 0 Å². The van der Waals surface area contributed by atoms with Crippen LogP contribution in [-0.4, -0.2) is 22.9 Å². The molecule has 1 saturated carbocycles. The summed E-state index contributed by atoms with van der Waals surface area (Å²) < 4.78 is 6.26. The van der Waals surface area contributed by atoms with Gasteiger partial charge in [-0.3, -0.25) is 0 Å². The van der Waals surface area contributed by atoms with Crippen LogP contribution >= 0.6 is 0 Å². The third kappa shape index (κ3) is 2.74. The molecule has 98 valence electrons. The third-order valence-electron chi connectivity index (χ3n) is 4.21. The minimum Gasteiger partial charge on any atom is -0.389 e. The number of hydrogen-bond acceptors (Lipinski definition) is 2. The first-order chi connectivity index (χ1) is 7.81. The highest BCUT2D eigenvalue weighted by molar-refractivity contribution is 5.23. The van der Waals surface area contributed by atoms with Gasteiger partial charge in [0.15, 0.2) is 0 Å². The molecule has 0 aromatic rings. The Hall–Kier alpha value is -0.340. The average molecular weight is 238 g/mol. The van der Waals surface area contributed by atoms with Crippen LogP contribution in [0.3, 0.4) is 0 Å². The maximum absolute atomic E-state index is 9.76. The molecule has 2 nitrogen and oxygen atoms in total. The highest BCUT2D eigenvalue weighted by Gasteiger charge is 2.44. The number of hydrogen-bond donors (Lipinski definition) is 1. The summed E-state index contributed by atoms with van der Waals surface area (Å²) in [5.74, 6) is 0. The van der Waals surface area contributed by atoms with Gasteiger partial charge in [-0.05, 0) is 52.9 Å². The molecule has 0 saturated heterocycles. The summed E-state index contributed by atoms with van der Waals surface area (Å²) in [7, 11) is 0. The van der Waals surface area contributed by atoms with Crippen molar-refractivity contribution in [3.63, 3.8) is 0 Å². The van der Waals surface area contributed by atoms with Crippen LogP contribution in [0.1, 0.15) is 59.8 Å². The van der Waals surface area contributed by atoms with Crippen LogP contribution < -0.4 is 0 Å². The lowest BCUT2D eigenvalue weighted by Gasteiger charge is -2.48. The van der Waals surface area contributed by atoms with Gasteiger partial charge < -0.3 is 9.84 Å². The number of aliphatic hydroxyl groups excluding tert-OH is 1. The van der Waals surface area contributed by atoms with E-state index in [1.54, 1.807) is 0 Å². The van der Waals surface area contributed by atoms with E-state index in [-0.39, 0.29) is 17.1 Å². The van der Waals surface area contributed by atoms with E-state index >= 15 is 0 Å². The highest BCUT2D eigenvalue weighted by Crippen LogP contribution is 2.49. The highest BCUT2D eigenvalue weighted by atomic mass is 16.5.